The Hall–Kier alpha value is -1.62. The van der Waals surface area contributed by atoms with E-state index in [0.29, 0.717) is 0 Å². The summed E-state index contributed by atoms with van der Waals surface area (Å²) < 4.78 is 9.49. The second-order valence-electron chi connectivity index (χ2n) is 3.24. The Balaban J connectivity index is 3.63. The number of aliphatic hydroxyl groups excluding tert-OH is 1. The Bertz CT molecular complexity index is 293. The average molecular weight is 242 g/mol. The third kappa shape index (κ3) is 9.32. The third-order valence-corrected chi connectivity index (χ3v) is 1.72. The zero-order valence-corrected chi connectivity index (χ0v) is 10.1. The Labute approximate surface area is 101 Å². The molecule has 0 aliphatic rings. The van der Waals surface area contributed by atoms with Gasteiger partial charge in [-0.1, -0.05) is 12.2 Å². The van der Waals surface area contributed by atoms with E-state index >= 15 is 0 Å². The molecule has 0 aliphatic carbocycles. The first-order valence-corrected chi connectivity index (χ1v) is 5.37. The minimum atomic E-state index is -0.831. The maximum Gasteiger partial charge on any atom is 0.330 e. The molecule has 0 aromatic carbocycles. The highest BCUT2D eigenvalue weighted by Crippen LogP contribution is 1.95. The van der Waals surface area contributed by atoms with E-state index in [1.54, 1.807) is 26.0 Å². The molecule has 0 saturated heterocycles. The molecule has 1 atom stereocenters. The molecule has 0 heterocycles. The summed E-state index contributed by atoms with van der Waals surface area (Å²) in [6, 6.07) is 0. The molecular weight excluding hydrogens is 224 g/mol. The molecule has 5 nitrogen and oxygen atoms in total. The van der Waals surface area contributed by atoms with Crippen molar-refractivity contribution in [1.29, 1.82) is 0 Å². The van der Waals surface area contributed by atoms with E-state index in [1.807, 2.05) is 0 Å². The number of hydrogen-bond donors (Lipinski definition) is 1. The highest BCUT2D eigenvalue weighted by atomic mass is 16.5. The van der Waals surface area contributed by atoms with E-state index in [-0.39, 0.29) is 19.6 Å². The first-order chi connectivity index (χ1) is 8.10. The number of allylic oxidation sites excluding steroid dienone is 2. The smallest absolute Gasteiger partial charge is 0.330 e. The molecule has 0 radical (unpaired) electrons. The molecule has 0 bridgehead atoms. The summed E-state index contributed by atoms with van der Waals surface area (Å²) in [7, 11) is 0. The fraction of sp³-hybridized carbons (Fsp3) is 0.500. The van der Waals surface area contributed by atoms with E-state index < -0.39 is 18.0 Å². The van der Waals surface area contributed by atoms with Gasteiger partial charge in [0.15, 0.2) is 0 Å². The van der Waals surface area contributed by atoms with Crippen LogP contribution in [0.25, 0.3) is 0 Å². The van der Waals surface area contributed by atoms with Crippen molar-refractivity contribution in [1.82, 2.24) is 0 Å². The van der Waals surface area contributed by atoms with Crippen molar-refractivity contribution in [3.8, 4) is 0 Å². The van der Waals surface area contributed by atoms with Crippen LogP contribution in [-0.2, 0) is 19.1 Å². The summed E-state index contributed by atoms with van der Waals surface area (Å²) >= 11 is 0. The van der Waals surface area contributed by atoms with E-state index in [2.05, 4.69) is 0 Å². The largest absolute Gasteiger partial charge is 0.462 e. The van der Waals surface area contributed by atoms with Crippen LogP contribution in [0.5, 0.6) is 0 Å². The van der Waals surface area contributed by atoms with Gasteiger partial charge in [-0.25, -0.2) is 9.59 Å². The molecule has 96 valence electrons. The van der Waals surface area contributed by atoms with Gasteiger partial charge in [0, 0.05) is 18.6 Å². The molecule has 0 aromatic rings. The van der Waals surface area contributed by atoms with E-state index in [0.717, 1.165) is 0 Å². The van der Waals surface area contributed by atoms with Gasteiger partial charge in [0.2, 0.25) is 0 Å². The molecule has 0 spiro atoms. The first-order valence-electron chi connectivity index (χ1n) is 5.37. The summed E-state index contributed by atoms with van der Waals surface area (Å²) in [4.78, 5) is 21.8. The minimum absolute atomic E-state index is 0.0888. The van der Waals surface area contributed by atoms with Crippen LogP contribution in [0, 0.1) is 0 Å². The molecule has 1 unspecified atom stereocenters. The lowest BCUT2D eigenvalue weighted by atomic mass is 10.3. The minimum Gasteiger partial charge on any atom is -0.462 e. The van der Waals surface area contributed by atoms with Crippen LogP contribution in [-0.4, -0.2) is 36.4 Å². The van der Waals surface area contributed by atoms with Crippen LogP contribution in [0.3, 0.4) is 0 Å². The van der Waals surface area contributed by atoms with Crippen molar-refractivity contribution >= 4 is 11.9 Å². The van der Waals surface area contributed by atoms with Gasteiger partial charge in [0.1, 0.15) is 6.61 Å². The molecule has 1 N–H and O–H groups in total. The second kappa shape index (κ2) is 9.59. The highest BCUT2D eigenvalue weighted by Gasteiger charge is 2.07. The van der Waals surface area contributed by atoms with Crippen molar-refractivity contribution in [3.63, 3.8) is 0 Å². The van der Waals surface area contributed by atoms with Crippen molar-refractivity contribution < 1.29 is 24.2 Å². The summed E-state index contributed by atoms with van der Waals surface area (Å²) in [5.74, 6) is -0.955. The van der Waals surface area contributed by atoms with Crippen LogP contribution in [0.1, 0.15) is 20.3 Å². The number of aliphatic hydroxyl groups is 1. The lowest BCUT2D eigenvalue weighted by Gasteiger charge is -2.10. The van der Waals surface area contributed by atoms with Crippen LogP contribution in [0.2, 0.25) is 0 Å². The molecular formula is C12H18O5. The lowest BCUT2D eigenvalue weighted by Crippen LogP contribution is -2.20. The van der Waals surface area contributed by atoms with Crippen LogP contribution >= 0.6 is 0 Å². The fourth-order valence-electron chi connectivity index (χ4n) is 0.926. The second-order valence-corrected chi connectivity index (χ2v) is 3.24. The molecule has 0 rings (SSSR count). The molecule has 0 fully saturated rings. The van der Waals surface area contributed by atoms with Gasteiger partial charge in [-0.15, -0.1) is 0 Å². The summed E-state index contributed by atoms with van der Waals surface area (Å²) in [6.45, 7) is 3.38. The monoisotopic (exact) mass is 242 g/mol. The van der Waals surface area contributed by atoms with Gasteiger partial charge in [-0.3, -0.25) is 0 Å². The molecule has 17 heavy (non-hydrogen) atoms. The Kier molecular flexibility index (Phi) is 8.68. The SMILES string of the molecule is C/C=C/C(=O)OCCC(O)COC(=O)/C=C/C. The maximum absolute atomic E-state index is 10.9. The van der Waals surface area contributed by atoms with Crippen molar-refractivity contribution in [2.75, 3.05) is 13.2 Å². The third-order valence-electron chi connectivity index (χ3n) is 1.72. The topological polar surface area (TPSA) is 72.8 Å². The van der Waals surface area contributed by atoms with Gasteiger partial charge >= 0.3 is 11.9 Å². The predicted molar refractivity (Wildman–Crippen MR) is 62.2 cm³/mol. The first kappa shape index (κ1) is 15.4. The predicted octanol–water partition coefficient (Wildman–Crippen LogP) is 0.976. The number of hydrogen-bond acceptors (Lipinski definition) is 5. The summed E-state index contributed by atoms with van der Waals surface area (Å²) in [6.07, 6.45) is 5.07. The number of rotatable bonds is 7. The number of carbonyl (C=O) groups excluding carboxylic acids is 2. The molecule has 0 amide bonds. The van der Waals surface area contributed by atoms with E-state index in [1.165, 1.54) is 12.2 Å². The summed E-state index contributed by atoms with van der Waals surface area (Å²) in [5, 5.41) is 9.40. The Morgan fingerprint density at radius 3 is 2.18 bits per heavy atom. The van der Waals surface area contributed by atoms with Gasteiger partial charge in [0.25, 0.3) is 0 Å². The average Bonchev–Trinajstić information content (AvgIpc) is 2.27. The standard InChI is InChI=1S/C12H18O5/c1-3-5-11(14)16-8-7-10(13)9-17-12(15)6-4-2/h3-6,10,13H,7-9H2,1-2H3/b5-3+,6-4+. The quantitative estimate of drug-likeness (QED) is 0.532. The number of esters is 2. The highest BCUT2D eigenvalue weighted by molar-refractivity contribution is 5.82. The molecule has 0 aromatic heterocycles. The van der Waals surface area contributed by atoms with Gasteiger partial charge < -0.3 is 14.6 Å². The number of carbonyl (C=O) groups is 2. The van der Waals surface area contributed by atoms with Crippen LogP contribution in [0.15, 0.2) is 24.3 Å². The Morgan fingerprint density at radius 2 is 1.65 bits per heavy atom. The van der Waals surface area contributed by atoms with Gasteiger partial charge in [-0.2, -0.15) is 0 Å². The van der Waals surface area contributed by atoms with E-state index in [9.17, 15) is 14.7 Å². The summed E-state index contributed by atoms with van der Waals surface area (Å²) in [5.41, 5.74) is 0. The van der Waals surface area contributed by atoms with Crippen molar-refractivity contribution in [2.45, 2.75) is 26.4 Å². The normalized spacial score (nSPS) is 12.9. The fourth-order valence-corrected chi connectivity index (χ4v) is 0.926. The zero-order chi connectivity index (χ0) is 13.1. The van der Waals surface area contributed by atoms with Crippen LogP contribution in [0.4, 0.5) is 0 Å². The van der Waals surface area contributed by atoms with Crippen LogP contribution < -0.4 is 0 Å². The molecule has 0 aliphatic heterocycles. The van der Waals surface area contributed by atoms with Gasteiger partial charge in [-0.05, 0) is 13.8 Å². The van der Waals surface area contributed by atoms with E-state index in [4.69, 9.17) is 9.47 Å². The lowest BCUT2D eigenvalue weighted by molar-refractivity contribution is -0.143. The number of ether oxygens (including phenoxy) is 2. The zero-order valence-electron chi connectivity index (χ0n) is 10.1. The Morgan fingerprint density at radius 1 is 1.12 bits per heavy atom. The van der Waals surface area contributed by atoms with Gasteiger partial charge in [0.05, 0.1) is 12.7 Å². The van der Waals surface area contributed by atoms with Crippen molar-refractivity contribution in [2.24, 2.45) is 0 Å². The molecule has 5 heteroatoms. The van der Waals surface area contributed by atoms with Crippen molar-refractivity contribution in [3.05, 3.63) is 24.3 Å². The molecule has 0 saturated carbocycles. The maximum atomic E-state index is 10.9.